The zero-order valence-corrected chi connectivity index (χ0v) is 12.0. The summed E-state index contributed by atoms with van der Waals surface area (Å²) < 4.78 is 11.6. The highest BCUT2D eigenvalue weighted by Gasteiger charge is 2.30. The van der Waals surface area contributed by atoms with E-state index < -0.39 is 0 Å². The van der Waals surface area contributed by atoms with Crippen LogP contribution in [-0.4, -0.2) is 30.2 Å². The largest absolute Gasteiger partial charge is 0.493 e. The van der Waals surface area contributed by atoms with Crippen molar-refractivity contribution in [2.75, 3.05) is 20.2 Å². The first-order chi connectivity index (χ1) is 10.4. The Balaban J connectivity index is 1.88. The molecule has 2 aromatic rings. The molecule has 5 nitrogen and oxygen atoms in total. The molecule has 5 heteroatoms. The zero-order chi connectivity index (χ0) is 14.5. The Morgan fingerprint density at radius 3 is 2.57 bits per heavy atom. The van der Waals surface area contributed by atoms with Gasteiger partial charge in [0.1, 0.15) is 0 Å². The van der Waals surface area contributed by atoms with E-state index in [-0.39, 0.29) is 6.10 Å². The van der Waals surface area contributed by atoms with Crippen molar-refractivity contribution in [3.05, 3.63) is 48.5 Å². The topological polar surface area (TPSA) is 56.3 Å². The van der Waals surface area contributed by atoms with Crippen LogP contribution in [0.4, 0.5) is 0 Å². The molecule has 1 aromatic carbocycles. The van der Waals surface area contributed by atoms with Crippen LogP contribution in [0.15, 0.2) is 42.7 Å². The number of hydrogen-bond donors (Lipinski definition) is 1. The summed E-state index contributed by atoms with van der Waals surface area (Å²) in [4.78, 5) is 8.74. The third-order valence-corrected chi connectivity index (χ3v) is 3.69. The molecule has 110 valence electrons. The molecule has 0 unspecified atom stereocenters. The van der Waals surface area contributed by atoms with Crippen LogP contribution in [0.25, 0.3) is 0 Å². The van der Waals surface area contributed by atoms with Crippen molar-refractivity contribution in [1.82, 2.24) is 15.3 Å². The summed E-state index contributed by atoms with van der Waals surface area (Å²) in [6.07, 6.45) is 4.39. The van der Waals surface area contributed by atoms with Gasteiger partial charge in [0, 0.05) is 24.9 Å². The number of benzene rings is 1. The average molecular weight is 285 g/mol. The van der Waals surface area contributed by atoms with E-state index >= 15 is 0 Å². The number of nitrogens with one attached hydrogen (secondary N) is 1. The number of ether oxygens (including phenoxy) is 2. The van der Waals surface area contributed by atoms with E-state index in [9.17, 15) is 0 Å². The van der Waals surface area contributed by atoms with Gasteiger partial charge in [0.15, 0.2) is 23.4 Å². The summed E-state index contributed by atoms with van der Waals surface area (Å²) in [6, 6.07) is 9.49. The Labute approximate surface area is 124 Å². The normalized spacial score (nSPS) is 19.2. The van der Waals surface area contributed by atoms with E-state index in [2.05, 4.69) is 15.3 Å². The summed E-state index contributed by atoms with van der Waals surface area (Å²) >= 11 is 0. The van der Waals surface area contributed by atoms with Crippen LogP contribution in [-0.2, 0) is 0 Å². The molecule has 2 heterocycles. The molecule has 0 saturated carbocycles. The molecule has 0 amide bonds. The predicted octanol–water partition coefficient (Wildman–Crippen LogP) is 2.21. The minimum atomic E-state index is -0.169. The highest BCUT2D eigenvalue weighted by atomic mass is 16.5. The van der Waals surface area contributed by atoms with Crippen LogP contribution in [0.1, 0.15) is 18.3 Å². The highest BCUT2D eigenvalue weighted by Crippen LogP contribution is 2.34. The Hall–Kier alpha value is -2.14. The SMILES string of the molecule is COc1ccccc1O[C@@H](c1ncccn1)[C@H]1CCNC1. The molecule has 0 aliphatic carbocycles. The Morgan fingerprint density at radius 2 is 1.90 bits per heavy atom. The Bertz CT molecular complexity index is 571. The molecular weight excluding hydrogens is 266 g/mol. The average Bonchev–Trinajstić information content (AvgIpc) is 3.08. The maximum Gasteiger partial charge on any atom is 0.169 e. The van der Waals surface area contributed by atoms with Gasteiger partial charge in [0.05, 0.1) is 7.11 Å². The Morgan fingerprint density at radius 1 is 1.14 bits per heavy atom. The van der Waals surface area contributed by atoms with Gasteiger partial charge in [-0.15, -0.1) is 0 Å². The van der Waals surface area contributed by atoms with Crippen molar-refractivity contribution in [2.45, 2.75) is 12.5 Å². The lowest BCUT2D eigenvalue weighted by molar-refractivity contribution is 0.130. The number of aromatic nitrogens is 2. The van der Waals surface area contributed by atoms with E-state index in [1.165, 1.54) is 0 Å². The van der Waals surface area contributed by atoms with Gasteiger partial charge in [-0.3, -0.25) is 0 Å². The predicted molar refractivity (Wildman–Crippen MR) is 79.4 cm³/mol. The van der Waals surface area contributed by atoms with E-state index in [1.54, 1.807) is 19.5 Å². The van der Waals surface area contributed by atoms with Crippen LogP contribution in [0.2, 0.25) is 0 Å². The first kappa shape index (κ1) is 13.8. The minimum absolute atomic E-state index is 0.169. The van der Waals surface area contributed by atoms with Crippen LogP contribution in [0, 0.1) is 5.92 Å². The maximum absolute atomic E-state index is 6.22. The lowest BCUT2D eigenvalue weighted by atomic mass is 10.0. The fourth-order valence-electron chi connectivity index (χ4n) is 2.61. The third kappa shape index (κ3) is 3.13. The first-order valence-electron chi connectivity index (χ1n) is 7.16. The van der Waals surface area contributed by atoms with Crippen molar-refractivity contribution < 1.29 is 9.47 Å². The smallest absolute Gasteiger partial charge is 0.169 e. The standard InChI is InChI=1S/C16H19N3O2/c1-20-13-5-2-3-6-14(13)21-15(12-7-10-17-11-12)16-18-8-4-9-19-16/h2-6,8-9,12,15,17H,7,10-11H2,1H3/t12-,15+/m0/s1. The molecule has 2 atom stereocenters. The van der Waals surface area contributed by atoms with Crippen LogP contribution >= 0.6 is 0 Å². The third-order valence-electron chi connectivity index (χ3n) is 3.69. The van der Waals surface area contributed by atoms with E-state index in [1.807, 2.05) is 30.3 Å². The fourth-order valence-corrected chi connectivity index (χ4v) is 2.61. The second-order valence-electron chi connectivity index (χ2n) is 5.05. The van der Waals surface area contributed by atoms with E-state index in [0.717, 1.165) is 36.8 Å². The summed E-state index contributed by atoms with van der Waals surface area (Å²) in [5, 5.41) is 3.37. The Kier molecular flexibility index (Phi) is 4.31. The van der Waals surface area contributed by atoms with Crippen LogP contribution < -0.4 is 14.8 Å². The minimum Gasteiger partial charge on any atom is -0.493 e. The van der Waals surface area contributed by atoms with Crippen molar-refractivity contribution in [1.29, 1.82) is 0 Å². The van der Waals surface area contributed by atoms with Gasteiger partial charge < -0.3 is 14.8 Å². The number of nitrogens with zero attached hydrogens (tertiary/aromatic N) is 2. The van der Waals surface area contributed by atoms with Crippen molar-refractivity contribution in [3.63, 3.8) is 0 Å². The van der Waals surface area contributed by atoms with Gasteiger partial charge in [-0.2, -0.15) is 0 Å². The lowest BCUT2D eigenvalue weighted by Gasteiger charge is -2.23. The van der Waals surface area contributed by atoms with E-state index in [4.69, 9.17) is 9.47 Å². The fraction of sp³-hybridized carbons (Fsp3) is 0.375. The molecule has 21 heavy (non-hydrogen) atoms. The second kappa shape index (κ2) is 6.54. The molecule has 1 aromatic heterocycles. The number of methoxy groups -OCH3 is 1. The molecular formula is C16H19N3O2. The molecule has 1 saturated heterocycles. The van der Waals surface area contributed by atoms with Gasteiger partial charge in [-0.25, -0.2) is 9.97 Å². The van der Waals surface area contributed by atoms with Gasteiger partial charge in [-0.1, -0.05) is 12.1 Å². The molecule has 0 radical (unpaired) electrons. The van der Waals surface area contributed by atoms with Gasteiger partial charge in [0.25, 0.3) is 0 Å². The molecule has 1 N–H and O–H groups in total. The highest BCUT2D eigenvalue weighted by molar-refractivity contribution is 5.39. The molecule has 0 spiro atoms. The number of hydrogen-bond acceptors (Lipinski definition) is 5. The lowest BCUT2D eigenvalue weighted by Crippen LogP contribution is -2.23. The quantitative estimate of drug-likeness (QED) is 0.913. The molecule has 0 bridgehead atoms. The summed E-state index contributed by atoms with van der Waals surface area (Å²) in [6.45, 7) is 1.92. The molecule has 1 aliphatic heterocycles. The summed E-state index contributed by atoms with van der Waals surface area (Å²) in [5.41, 5.74) is 0. The summed E-state index contributed by atoms with van der Waals surface area (Å²) in [7, 11) is 1.65. The van der Waals surface area contributed by atoms with Crippen LogP contribution in [0.5, 0.6) is 11.5 Å². The second-order valence-corrected chi connectivity index (χ2v) is 5.05. The maximum atomic E-state index is 6.22. The molecule has 3 rings (SSSR count). The van der Waals surface area contributed by atoms with Crippen molar-refractivity contribution in [3.8, 4) is 11.5 Å². The van der Waals surface area contributed by atoms with Crippen molar-refractivity contribution in [2.24, 2.45) is 5.92 Å². The van der Waals surface area contributed by atoms with Crippen molar-refractivity contribution >= 4 is 0 Å². The first-order valence-corrected chi connectivity index (χ1v) is 7.16. The van der Waals surface area contributed by atoms with Gasteiger partial charge in [-0.05, 0) is 31.2 Å². The van der Waals surface area contributed by atoms with E-state index in [0.29, 0.717) is 5.92 Å². The summed E-state index contributed by atoms with van der Waals surface area (Å²) in [5.74, 6) is 2.53. The molecule has 1 fully saturated rings. The molecule has 1 aliphatic rings. The van der Waals surface area contributed by atoms with Gasteiger partial charge >= 0.3 is 0 Å². The number of para-hydroxylation sites is 2. The van der Waals surface area contributed by atoms with Crippen LogP contribution in [0.3, 0.4) is 0 Å². The zero-order valence-electron chi connectivity index (χ0n) is 12.0. The number of rotatable bonds is 5. The monoisotopic (exact) mass is 285 g/mol. The van der Waals surface area contributed by atoms with Gasteiger partial charge in [0.2, 0.25) is 0 Å².